The Kier molecular flexibility index (Phi) is 4.42. The Bertz CT molecular complexity index is 176. The van der Waals surface area contributed by atoms with Gasteiger partial charge in [-0.25, -0.2) is 0 Å². The monoisotopic (exact) mass is 212 g/mol. The summed E-state index contributed by atoms with van der Waals surface area (Å²) in [6.07, 6.45) is 6.69. The molecule has 0 bridgehead atoms. The van der Waals surface area contributed by atoms with E-state index in [4.69, 9.17) is 10.5 Å². The summed E-state index contributed by atoms with van der Waals surface area (Å²) in [7, 11) is 0. The smallest absolute Gasteiger partial charge is 0.0469 e. The number of hydrogen-bond acceptors (Lipinski definition) is 3. The largest absolute Gasteiger partial charge is 0.381 e. The van der Waals surface area contributed by atoms with Gasteiger partial charge in [0, 0.05) is 38.9 Å². The molecule has 0 unspecified atom stereocenters. The van der Waals surface area contributed by atoms with Gasteiger partial charge in [-0.05, 0) is 31.6 Å². The van der Waals surface area contributed by atoms with Crippen LogP contribution in [0.2, 0.25) is 0 Å². The van der Waals surface area contributed by atoms with Crippen molar-refractivity contribution in [1.29, 1.82) is 0 Å². The fourth-order valence-corrected chi connectivity index (χ4v) is 2.60. The maximum atomic E-state index is 5.68. The fraction of sp³-hybridized carbons (Fsp3) is 1.00. The third-order valence-electron chi connectivity index (χ3n) is 3.84. The fourth-order valence-electron chi connectivity index (χ4n) is 2.60. The summed E-state index contributed by atoms with van der Waals surface area (Å²) in [5, 5.41) is 0. The molecule has 3 nitrogen and oxygen atoms in total. The highest BCUT2D eigenvalue weighted by molar-refractivity contribution is 4.82. The lowest BCUT2D eigenvalue weighted by Gasteiger charge is -2.40. The molecule has 0 aromatic rings. The number of nitrogens with zero attached hydrogens (tertiary/aromatic N) is 1. The van der Waals surface area contributed by atoms with Gasteiger partial charge in [-0.3, -0.25) is 4.90 Å². The van der Waals surface area contributed by atoms with Crippen LogP contribution in [0.4, 0.5) is 0 Å². The van der Waals surface area contributed by atoms with E-state index in [2.05, 4.69) is 4.90 Å². The van der Waals surface area contributed by atoms with Crippen molar-refractivity contribution in [2.75, 3.05) is 32.8 Å². The zero-order valence-corrected chi connectivity index (χ0v) is 9.66. The minimum Gasteiger partial charge on any atom is -0.381 e. The van der Waals surface area contributed by atoms with Gasteiger partial charge >= 0.3 is 0 Å². The molecule has 1 aliphatic heterocycles. The van der Waals surface area contributed by atoms with E-state index >= 15 is 0 Å². The molecule has 0 spiro atoms. The van der Waals surface area contributed by atoms with Crippen molar-refractivity contribution in [1.82, 2.24) is 4.90 Å². The first-order valence-electron chi connectivity index (χ1n) is 6.42. The van der Waals surface area contributed by atoms with Crippen molar-refractivity contribution in [3.63, 3.8) is 0 Å². The van der Waals surface area contributed by atoms with E-state index in [1.807, 2.05) is 0 Å². The molecule has 0 aromatic heterocycles. The van der Waals surface area contributed by atoms with Crippen molar-refractivity contribution in [2.24, 2.45) is 11.7 Å². The minimum atomic E-state index is 0.805. The lowest BCUT2D eigenvalue weighted by atomic mass is 9.89. The number of hydrogen-bond donors (Lipinski definition) is 1. The molecule has 1 saturated carbocycles. The van der Waals surface area contributed by atoms with E-state index in [1.54, 1.807) is 0 Å². The summed E-state index contributed by atoms with van der Waals surface area (Å²) in [6, 6.07) is 0.844. The SMILES string of the molecule is NCCN(CC1CCOCC1)C1CCC1. The molecule has 1 saturated heterocycles. The van der Waals surface area contributed by atoms with Gasteiger partial charge in [-0.2, -0.15) is 0 Å². The Balaban J connectivity index is 1.76. The van der Waals surface area contributed by atoms with E-state index in [-0.39, 0.29) is 0 Å². The normalized spacial score (nSPS) is 24.4. The Hall–Kier alpha value is -0.120. The van der Waals surface area contributed by atoms with Crippen LogP contribution >= 0.6 is 0 Å². The van der Waals surface area contributed by atoms with Crippen molar-refractivity contribution < 1.29 is 4.74 Å². The van der Waals surface area contributed by atoms with Gasteiger partial charge in [-0.1, -0.05) is 6.42 Å². The third kappa shape index (κ3) is 3.16. The second kappa shape index (κ2) is 5.83. The molecule has 3 heteroatoms. The first-order valence-corrected chi connectivity index (χ1v) is 6.42. The lowest BCUT2D eigenvalue weighted by molar-refractivity contribution is 0.0360. The van der Waals surface area contributed by atoms with Crippen molar-refractivity contribution in [2.45, 2.75) is 38.1 Å². The maximum Gasteiger partial charge on any atom is 0.0469 e. The van der Waals surface area contributed by atoms with Gasteiger partial charge in [0.25, 0.3) is 0 Å². The van der Waals surface area contributed by atoms with Gasteiger partial charge in [0.1, 0.15) is 0 Å². The third-order valence-corrected chi connectivity index (χ3v) is 3.84. The van der Waals surface area contributed by atoms with Crippen LogP contribution in [0.3, 0.4) is 0 Å². The van der Waals surface area contributed by atoms with Gasteiger partial charge < -0.3 is 10.5 Å². The summed E-state index contributed by atoms with van der Waals surface area (Å²) in [5.74, 6) is 0.853. The number of nitrogens with two attached hydrogens (primary N) is 1. The van der Waals surface area contributed by atoms with Crippen LogP contribution in [0, 0.1) is 5.92 Å². The highest BCUT2D eigenvalue weighted by Gasteiger charge is 2.26. The standard InChI is InChI=1S/C12H24N2O/c13-6-7-14(12-2-1-3-12)10-11-4-8-15-9-5-11/h11-12H,1-10,13H2. The molecule has 0 amide bonds. The van der Waals surface area contributed by atoms with Gasteiger partial charge in [-0.15, -0.1) is 0 Å². The second-order valence-corrected chi connectivity index (χ2v) is 4.92. The predicted molar refractivity (Wildman–Crippen MR) is 61.8 cm³/mol. The first kappa shape index (κ1) is 11.4. The van der Waals surface area contributed by atoms with Crippen LogP contribution in [0.25, 0.3) is 0 Å². The molecule has 1 aliphatic carbocycles. The number of ether oxygens (including phenoxy) is 1. The highest BCUT2D eigenvalue weighted by Crippen LogP contribution is 2.26. The zero-order valence-electron chi connectivity index (χ0n) is 9.66. The van der Waals surface area contributed by atoms with Crippen LogP contribution in [0.5, 0.6) is 0 Å². The topological polar surface area (TPSA) is 38.5 Å². The molecule has 2 rings (SSSR count). The molecule has 2 N–H and O–H groups in total. The van der Waals surface area contributed by atoms with E-state index in [9.17, 15) is 0 Å². The quantitative estimate of drug-likeness (QED) is 0.745. The molecule has 15 heavy (non-hydrogen) atoms. The van der Waals surface area contributed by atoms with E-state index in [0.29, 0.717) is 0 Å². The summed E-state index contributed by atoms with van der Waals surface area (Å²) < 4.78 is 5.40. The van der Waals surface area contributed by atoms with Gasteiger partial charge in [0.05, 0.1) is 0 Å². The van der Waals surface area contributed by atoms with Crippen LogP contribution in [-0.4, -0.2) is 43.8 Å². The second-order valence-electron chi connectivity index (χ2n) is 4.92. The Labute approximate surface area is 93.0 Å². The molecule has 0 aromatic carbocycles. The van der Waals surface area contributed by atoms with E-state index in [0.717, 1.165) is 38.3 Å². The van der Waals surface area contributed by atoms with Crippen LogP contribution < -0.4 is 5.73 Å². The van der Waals surface area contributed by atoms with Crippen molar-refractivity contribution in [3.8, 4) is 0 Å². The van der Waals surface area contributed by atoms with Crippen molar-refractivity contribution >= 4 is 0 Å². The molecular formula is C12H24N2O. The summed E-state index contributed by atoms with van der Waals surface area (Å²) >= 11 is 0. The summed E-state index contributed by atoms with van der Waals surface area (Å²) in [6.45, 7) is 5.07. The van der Waals surface area contributed by atoms with Gasteiger partial charge in [0.2, 0.25) is 0 Å². The Morgan fingerprint density at radius 3 is 2.40 bits per heavy atom. The van der Waals surface area contributed by atoms with Crippen LogP contribution in [0.15, 0.2) is 0 Å². The molecule has 1 heterocycles. The average molecular weight is 212 g/mol. The molecule has 2 aliphatic rings. The van der Waals surface area contributed by atoms with E-state index < -0.39 is 0 Å². The zero-order chi connectivity index (χ0) is 10.5. The highest BCUT2D eigenvalue weighted by atomic mass is 16.5. The molecule has 0 radical (unpaired) electrons. The van der Waals surface area contributed by atoms with Gasteiger partial charge in [0.15, 0.2) is 0 Å². The summed E-state index contributed by atoms with van der Waals surface area (Å²) in [5.41, 5.74) is 5.68. The minimum absolute atomic E-state index is 0.805. The van der Waals surface area contributed by atoms with Crippen LogP contribution in [-0.2, 0) is 4.74 Å². The average Bonchev–Trinajstić information content (AvgIpc) is 2.17. The van der Waals surface area contributed by atoms with E-state index in [1.165, 1.54) is 38.6 Å². The van der Waals surface area contributed by atoms with Crippen molar-refractivity contribution in [3.05, 3.63) is 0 Å². The first-order chi connectivity index (χ1) is 7.40. The molecule has 0 atom stereocenters. The molecular weight excluding hydrogens is 188 g/mol. The molecule has 88 valence electrons. The number of rotatable bonds is 5. The predicted octanol–water partition coefficient (Wildman–Crippen LogP) is 1.23. The Morgan fingerprint density at radius 2 is 1.87 bits per heavy atom. The maximum absolute atomic E-state index is 5.68. The van der Waals surface area contributed by atoms with Crippen LogP contribution in [0.1, 0.15) is 32.1 Å². The summed E-state index contributed by atoms with van der Waals surface area (Å²) in [4.78, 5) is 2.62. The Morgan fingerprint density at radius 1 is 1.13 bits per heavy atom. The lowest BCUT2D eigenvalue weighted by Crippen LogP contribution is -2.45. The molecule has 2 fully saturated rings.